The van der Waals surface area contributed by atoms with E-state index in [0.29, 0.717) is 21.7 Å². The predicted octanol–water partition coefficient (Wildman–Crippen LogP) is 1.18. The summed E-state index contributed by atoms with van der Waals surface area (Å²) in [6.07, 6.45) is 1.85. The zero-order valence-electron chi connectivity index (χ0n) is 8.50. The van der Waals surface area contributed by atoms with Gasteiger partial charge in [0.2, 0.25) is 0 Å². The lowest BCUT2D eigenvalue weighted by molar-refractivity contribution is 0.187. The Labute approximate surface area is 86.8 Å². The SMILES string of the molecule is CNCC#CCOC1C=NC(C)=CP1. The monoisotopic (exact) mass is 210 g/mol. The van der Waals surface area contributed by atoms with Gasteiger partial charge in [0.25, 0.3) is 0 Å². The number of hydrogen-bond acceptors (Lipinski definition) is 3. The van der Waals surface area contributed by atoms with Crippen LogP contribution in [0.2, 0.25) is 0 Å². The van der Waals surface area contributed by atoms with Crippen LogP contribution in [0.3, 0.4) is 0 Å². The van der Waals surface area contributed by atoms with Crippen LogP contribution in [0, 0.1) is 11.8 Å². The Hall–Kier alpha value is -0.680. The van der Waals surface area contributed by atoms with Gasteiger partial charge in [-0.25, -0.2) is 0 Å². The lowest BCUT2D eigenvalue weighted by Crippen LogP contribution is -2.10. The van der Waals surface area contributed by atoms with Crippen LogP contribution in [-0.4, -0.2) is 32.3 Å². The van der Waals surface area contributed by atoms with Gasteiger partial charge < -0.3 is 10.1 Å². The van der Waals surface area contributed by atoms with Crippen molar-refractivity contribution in [1.82, 2.24) is 5.32 Å². The quantitative estimate of drug-likeness (QED) is 0.560. The van der Waals surface area contributed by atoms with Crippen LogP contribution < -0.4 is 5.32 Å². The van der Waals surface area contributed by atoms with Gasteiger partial charge in [-0.2, -0.15) is 0 Å². The van der Waals surface area contributed by atoms with E-state index in [-0.39, 0.29) is 5.85 Å². The Morgan fingerprint density at radius 1 is 1.64 bits per heavy atom. The molecule has 0 spiro atoms. The van der Waals surface area contributed by atoms with Crippen molar-refractivity contribution in [3.63, 3.8) is 0 Å². The van der Waals surface area contributed by atoms with E-state index in [1.54, 1.807) is 0 Å². The zero-order chi connectivity index (χ0) is 10.2. The lowest BCUT2D eigenvalue weighted by Gasteiger charge is -2.12. The average Bonchev–Trinajstić information content (AvgIpc) is 2.21. The molecular weight excluding hydrogens is 195 g/mol. The minimum Gasteiger partial charge on any atom is -0.355 e. The minimum absolute atomic E-state index is 0.127. The maximum absolute atomic E-state index is 5.49. The van der Waals surface area contributed by atoms with Gasteiger partial charge in [-0.3, -0.25) is 4.99 Å². The number of rotatable bonds is 3. The molecule has 2 unspecified atom stereocenters. The van der Waals surface area contributed by atoms with Crippen molar-refractivity contribution in [1.29, 1.82) is 0 Å². The molecule has 2 atom stereocenters. The molecule has 1 aliphatic heterocycles. The van der Waals surface area contributed by atoms with Crippen molar-refractivity contribution < 1.29 is 4.74 Å². The number of allylic oxidation sites excluding steroid dienone is 1. The molecule has 1 N–H and O–H groups in total. The van der Waals surface area contributed by atoms with E-state index in [4.69, 9.17) is 4.74 Å². The molecule has 0 fully saturated rings. The summed E-state index contributed by atoms with van der Waals surface area (Å²) in [6.45, 7) is 3.19. The molecule has 76 valence electrons. The first kappa shape index (κ1) is 11.4. The molecule has 0 aromatic heterocycles. The summed E-state index contributed by atoms with van der Waals surface area (Å²) in [7, 11) is 2.54. The highest BCUT2D eigenvalue weighted by atomic mass is 31.1. The average molecular weight is 210 g/mol. The smallest absolute Gasteiger partial charge is 0.113 e. The first-order chi connectivity index (χ1) is 6.83. The van der Waals surface area contributed by atoms with Crippen LogP contribution in [0.4, 0.5) is 0 Å². The summed E-state index contributed by atoms with van der Waals surface area (Å²) in [5, 5.41) is 2.95. The van der Waals surface area contributed by atoms with Crippen LogP contribution in [0.25, 0.3) is 0 Å². The third-order valence-electron chi connectivity index (χ3n) is 1.60. The van der Waals surface area contributed by atoms with E-state index in [9.17, 15) is 0 Å². The molecule has 4 heteroatoms. The van der Waals surface area contributed by atoms with Crippen molar-refractivity contribution in [3.05, 3.63) is 11.5 Å². The zero-order valence-corrected chi connectivity index (χ0v) is 9.50. The van der Waals surface area contributed by atoms with Gasteiger partial charge in [0, 0.05) is 11.9 Å². The third kappa shape index (κ3) is 4.53. The van der Waals surface area contributed by atoms with Crippen molar-refractivity contribution in [2.75, 3.05) is 20.2 Å². The van der Waals surface area contributed by atoms with E-state index in [0.717, 1.165) is 5.70 Å². The molecule has 0 saturated heterocycles. The fourth-order valence-electron chi connectivity index (χ4n) is 0.893. The topological polar surface area (TPSA) is 33.6 Å². The van der Waals surface area contributed by atoms with Gasteiger partial charge in [-0.1, -0.05) is 20.4 Å². The lowest BCUT2D eigenvalue weighted by atomic mass is 10.5. The highest BCUT2D eigenvalue weighted by molar-refractivity contribution is 7.43. The first-order valence-corrected chi connectivity index (χ1v) is 5.67. The van der Waals surface area contributed by atoms with Gasteiger partial charge in [0.1, 0.15) is 12.5 Å². The largest absolute Gasteiger partial charge is 0.355 e. The predicted molar refractivity (Wildman–Crippen MR) is 62.0 cm³/mol. The Balaban J connectivity index is 2.16. The second-order valence-corrected chi connectivity index (χ2v) is 4.04. The fraction of sp³-hybridized carbons (Fsp3) is 0.500. The van der Waals surface area contributed by atoms with Crippen LogP contribution in [-0.2, 0) is 4.74 Å². The van der Waals surface area contributed by atoms with Crippen LogP contribution in [0.15, 0.2) is 16.5 Å². The van der Waals surface area contributed by atoms with Crippen molar-refractivity contribution in [2.45, 2.75) is 12.8 Å². The Bertz CT molecular complexity index is 288. The summed E-state index contributed by atoms with van der Waals surface area (Å²) in [5.74, 6) is 8.10. The molecule has 0 radical (unpaired) electrons. The van der Waals surface area contributed by atoms with Gasteiger partial charge in [0.15, 0.2) is 0 Å². The van der Waals surface area contributed by atoms with E-state index in [1.165, 1.54) is 0 Å². The Kier molecular flexibility index (Phi) is 5.47. The normalized spacial score (nSPS) is 21.6. The number of aliphatic imine (C=N–C) groups is 1. The molecule has 0 aromatic carbocycles. The van der Waals surface area contributed by atoms with Gasteiger partial charge in [-0.05, 0) is 19.8 Å². The number of ether oxygens (including phenoxy) is 1. The highest BCUT2D eigenvalue weighted by Crippen LogP contribution is 2.26. The van der Waals surface area contributed by atoms with Crippen molar-refractivity contribution in [2.24, 2.45) is 4.99 Å². The third-order valence-corrected chi connectivity index (χ3v) is 2.82. The minimum atomic E-state index is 0.127. The Morgan fingerprint density at radius 2 is 2.50 bits per heavy atom. The summed E-state index contributed by atoms with van der Waals surface area (Å²) in [4.78, 5) is 4.18. The molecule has 1 heterocycles. The van der Waals surface area contributed by atoms with Crippen LogP contribution in [0.5, 0.6) is 0 Å². The fourth-order valence-corrected chi connectivity index (χ4v) is 1.71. The van der Waals surface area contributed by atoms with Crippen molar-refractivity contribution in [3.8, 4) is 11.8 Å². The number of nitrogens with one attached hydrogen (secondary N) is 1. The molecule has 0 aromatic rings. The maximum atomic E-state index is 5.49. The van der Waals surface area contributed by atoms with E-state index in [2.05, 4.69) is 28.0 Å². The molecule has 0 saturated carbocycles. The number of hydrogen-bond donors (Lipinski definition) is 1. The van der Waals surface area contributed by atoms with E-state index in [1.807, 2.05) is 20.2 Å². The molecule has 3 nitrogen and oxygen atoms in total. The van der Waals surface area contributed by atoms with Crippen LogP contribution >= 0.6 is 8.58 Å². The standard InChI is InChI=1S/C10H15N2OP/c1-9-8-14-10(7-12-9)13-6-4-3-5-11-2/h7-8,10-11,14H,5-6H2,1-2H3. The van der Waals surface area contributed by atoms with Crippen molar-refractivity contribution >= 4 is 14.8 Å². The van der Waals surface area contributed by atoms with Gasteiger partial charge in [0.05, 0.1) is 6.54 Å². The van der Waals surface area contributed by atoms with Gasteiger partial charge >= 0.3 is 0 Å². The van der Waals surface area contributed by atoms with E-state index >= 15 is 0 Å². The first-order valence-electron chi connectivity index (χ1n) is 4.52. The molecule has 0 bridgehead atoms. The summed E-state index contributed by atoms with van der Waals surface area (Å²) >= 11 is 0. The summed E-state index contributed by atoms with van der Waals surface area (Å²) in [6, 6.07) is 0. The molecule has 1 aliphatic rings. The number of nitrogens with zero attached hydrogens (tertiary/aromatic N) is 1. The molecule has 1 rings (SSSR count). The van der Waals surface area contributed by atoms with E-state index < -0.39 is 0 Å². The Morgan fingerprint density at radius 3 is 3.14 bits per heavy atom. The summed E-state index contributed by atoms with van der Waals surface area (Å²) < 4.78 is 5.49. The maximum Gasteiger partial charge on any atom is 0.113 e. The molecule has 0 amide bonds. The molecular formula is C10H15N2OP. The molecule has 0 aliphatic carbocycles. The second-order valence-electron chi connectivity index (χ2n) is 2.85. The highest BCUT2D eigenvalue weighted by Gasteiger charge is 2.06. The molecule has 14 heavy (non-hydrogen) atoms. The second kappa shape index (κ2) is 6.73. The van der Waals surface area contributed by atoms with Gasteiger partial charge in [-0.15, -0.1) is 0 Å². The summed E-state index contributed by atoms with van der Waals surface area (Å²) in [5.41, 5.74) is 1.07. The van der Waals surface area contributed by atoms with Crippen LogP contribution in [0.1, 0.15) is 6.92 Å².